The highest BCUT2D eigenvalue weighted by atomic mass is 16.4. The van der Waals surface area contributed by atoms with Crippen molar-refractivity contribution < 1.29 is 9.21 Å². The molecule has 1 aliphatic heterocycles. The lowest BCUT2D eigenvalue weighted by Crippen LogP contribution is -2.46. The number of nitrogens with one attached hydrogen (secondary N) is 1. The molecule has 3 rings (SSSR count). The smallest absolute Gasteiger partial charge is 0.223 e. The standard InChI is InChI=1S/C21H29N3O2/c1-3-14-24(18-10-12-22-13-11-18)21(25)9-8-20-23-15-19(26-20)17-6-4-16(2)5-7-17/h4-7,15,18,22H,3,8-14H2,1-2H3. The molecule has 0 atom stereocenters. The molecule has 1 aliphatic rings. The van der Waals surface area contributed by atoms with Gasteiger partial charge < -0.3 is 14.6 Å². The van der Waals surface area contributed by atoms with E-state index < -0.39 is 0 Å². The molecule has 5 heteroatoms. The molecule has 0 saturated carbocycles. The van der Waals surface area contributed by atoms with E-state index in [-0.39, 0.29) is 5.91 Å². The Balaban J connectivity index is 1.58. The number of aryl methyl sites for hydroxylation is 2. The molecule has 1 amide bonds. The summed E-state index contributed by atoms with van der Waals surface area (Å²) in [5.41, 5.74) is 2.23. The predicted molar refractivity (Wildman–Crippen MR) is 103 cm³/mol. The highest BCUT2D eigenvalue weighted by Crippen LogP contribution is 2.22. The molecule has 1 saturated heterocycles. The normalized spacial score (nSPS) is 15.2. The van der Waals surface area contributed by atoms with E-state index in [1.54, 1.807) is 6.20 Å². The van der Waals surface area contributed by atoms with Gasteiger partial charge in [0.15, 0.2) is 11.7 Å². The molecule has 0 aliphatic carbocycles. The molecule has 1 aromatic heterocycles. The van der Waals surface area contributed by atoms with Crippen LogP contribution >= 0.6 is 0 Å². The van der Waals surface area contributed by atoms with Crippen LogP contribution in [0.4, 0.5) is 0 Å². The minimum absolute atomic E-state index is 0.217. The number of benzene rings is 1. The van der Waals surface area contributed by atoms with Gasteiger partial charge in [0.05, 0.1) is 6.20 Å². The van der Waals surface area contributed by atoms with Crippen LogP contribution in [-0.2, 0) is 11.2 Å². The van der Waals surface area contributed by atoms with Gasteiger partial charge in [0, 0.05) is 31.0 Å². The summed E-state index contributed by atoms with van der Waals surface area (Å²) in [5.74, 6) is 1.61. The molecular formula is C21H29N3O2. The van der Waals surface area contributed by atoms with Gasteiger partial charge in [-0.25, -0.2) is 4.98 Å². The number of piperidine rings is 1. The summed E-state index contributed by atoms with van der Waals surface area (Å²) in [7, 11) is 0. The van der Waals surface area contributed by atoms with Gasteiger partial charge in [-0.15, -0.1) is 0 Å². The number of rotatable bonds is 7. The molecule has 0 bridgehead atoms. The summed E-state index contributed by atoms with van der Waals surface area (Å²) in [6.45, 7) is 7.02. The average Bonchev–Trinajstić information content (AvgIpc) is 3.14. The van der Waals surface area contributed by atoms with Crippen molar-refractivity contribution in [2.45, 2.75) is 52.0 Å². The molecule has 2 aromatic rings. The highest BCUT2D eigenvalue weighted by molar-refractivity contribution is 5.76. The zero-order valence-corrected chi connectivity index (χ0v) is 15.8. The molecule has 0 spiro atoms. The van der Waals surface area contributed by atoms with Gasteiger partial charge in [-0.2, -0.15) is 0 Å². The summed E-state index contributed by atoms with van der Waals surface area (Å²) in [6, 6.07) is 8.55. The minimum atomic E-state index is 0.217. The maximum Gasteiger partial charge on any atom is 0.223 e. The van der Waals surface area contributed by atoms with Crippen molar-refractivity contribution >= 4 is 5.91 Å². The van der Waals surface area contributed by atoms with Crippen molar-refractivity contribution in [1.29, 1.82) is 0 Å². The SMILES string of the molecule is CCCN(C(=O)CCc1ncc(-c2ccc(C)cc2)o1)C1CCNCC1. The van der Waals surface area contributed by atoms with Crippen LogP contribution < -0.4 is 5.32 Å². The summed E-state index contributed by atoms with van der Waals surface area (Å²) in [5, 5.41) is 3.37. The second-order valence-corrected chi connectivity index (χ2v) is 7.05. The molecule has 0 unspecified atom stereocenters. The van der Waals surface area contributed by atoms with Gasteiger partial charge in [-0.1, -0.05) is 36.8 Å². The predicted octanol–water partition coefficient (Wildman–Crippen LogP) is 3.57. The number of hydrogen-bond donors (Lipinski definition) is 1. The second kappa shape index (κ2) is 8.99. The zero-order chi connectivity index (χ0) is 18.4. The largest absolute Gasteiger partial charge is 0.441 e. The monoisotopic (exact) mass is 355 g/mol. The average molecular weight is 355 g/mol. The maximum atomic E-state index is 12.8. The lowest BCUT2D eigenvalue weighted by molar-refractivity contribution is -0.134. The first-order chi connectivity index (χ1) is 12.7. The van der Waals surface area contributed by atoms with Gasteiger partial charge in [0.2, 0.25) is 5.91 Å². The quantitative estimate of drug-likeness (QED) is 0.825. The van der Waals surface area contributed by atoms with Crippen molar-refractivity contribution in [2.75, 3.05) is 19.6 Å². The fourth-order valence-corrected chi connectivity index (χ4v) is 3.50. The minimum Gasteiger partial charge on any atom is -0.441 e. The number of oxazole rings is 1. The van der Waals surface area contributed by atoms with Crippen molar-refractivity contribution in [3.8, 4) is 11.3 Å². The molecule has 140 valence electrons. The Bertz CT molecular complexity index is 702. The van der Waals surface area contributed by atoms with E-state index in [0.29, 0.717) is 24.8 Å². The van der Waals surface area contributed by atoms with Crippen molar-refractivity contribution in [1.82, 2.24) is 15.2 Å². The number of hydrogen-bond acceptors (Lipinski definition) is 4. The first-order valence-electron chi connectivity index (χ1n) is 9.69. The van der Waals surface area contributed by atoms with Gasteiger partial charge in [-0.3, -0.25) is 4.79 Å². The van der Waals surface area contributed by atoms with Crippen LogP contribution in [0, 0.1) is 6.92 Å². The second-order valence-electron chi connectivity index (χ2n) is 7.05. The van der Waals surface area contributed by atoms with Gasteiger partial charge >= 0.3 is 0 Å². The molecule has 1 fully saturated rings. The summed E-state index contributed by atoms with van der Waals surface area (Å²) in [6.07, 6.45) is 5.84. The fraction of sp³-hybridized carbons (Fsp3) is 0.524. The van der Waals surface area contributed by atoms with Crippen LogP contribution in [0.3, 0.4) is 0 Å². The Morgan fingerprint density at radius 3 is 2.69 bits per heavy atom. The van der Waals surface area contributed by atoms with Gasteiger partial charge in [0.1, 0.15) is 0 Å². The van der Waals surface area contributed by atoms with E-state index in [2.05, 4.69) is 41.2 Å². The Morgan fingerprint density at radius 2 is 2.00 bits per heavy atom. The van der Waals surface area contributed by atoms with E-state index in [9.17, 15) is 4.79 Å². The van der Waals surface area contributed by atoms with Crippen LogP contribution in [0.25, 0.3) is 11.3 Å². The van der Waals surface area contributed by atoms with E-state index in [1.165, 1.54) is 5.56 Å². The Morgan fingerprint density at radius 1 is 1.27 bits per heavy atom. The summed E-state index contributed by atoms with van der Waals surface area (Å²) >= 11 is 0. The number of nitrogens with zero attached hydrogens (tertiary/aromatic N) is 2. The van der Waals surface area contributed by atoms with Gasteiger partial charge in [-0.05, 0) is 39.3 Å². The molecule has 5 nitrogen and oxygen atoms in total. The molecule has 26 heavy (non-hydrogen) atoms. The van der Waals surface area contributed by atoms with E-state index >= 15 is 0 Å². The Hall–Kier alpha value is -2.14. The molecule has 1 N–H and O–H groups in total. The first kappa shape index (κ1) is 18.6. The number of aromatic nitrogens is 1. The maximum absolute atomic E-state index is 12.8. The van der Waals surface area contributed by atoms with Crippen LogP contribution in [0.5, 0.6) is 0 Å². The van der Waals surface area contributed by atoms with Crippen LogP contribution in [0.15, 0.2) is 34.9 Å². The molecule has 1 aromatic carbocycles. The topological polar surface area (TPSA) is 58.4 Å². The van der Waals surface area contributed by atoms with Crippen molar-refractivity contribution in [3.63, 3.8) is 0 Å². The van der Waals surface area contributed by atoms with Gasteiger partial charge in [0.25, 0.3) is 0 Å². The lowest BCUT2D eigenvalue weighted by Gasteiger charge is -2.34. The highest BCUT2D eigenvalue weighted by Gasteiger charge is 2.24. The third kappa shape index (κ3) is 4.73. The van der Waals surface area contributed by atoms with E-state index in [0.717, 1.165) is 50.2 Å². The summed E-state index contributed by atoms with van der Waals surface area (Å²) in [4.78, 5) is 19.2. The van der Waals surface area contributed by atoms with Crippen LogP contribution in [0.2, 0.25) is 0 Å². The van der Waals surface area contributed by atoms with Crippen LogP contribution in [0.1, 0.15) is 44.1 Å². The zero-order valence-electron chi connectivity index (χ0n) is 15.8. The third-order valence-corrected chi connectivity index (χ3v) is 4.98. The number of carbonyl (C=O) groups is 1. The fourth-order valence-electron chi connectivity index (χ4n) is 3.50. The number of carbonyl (C=O) groups excluding carboxylic acids is 1. The molecule has 2 heterocycles. The Kier molecular flexibility index (Phi) is 6.45. The van der Waals surface area contributed by atoms with E-state index in [1.807, 2.05) is 12.1 Å². The Labute approximate surface area is 155 Å². The molecular weight excluding hydrogens is 326 g/mol. The summed E-state index contributed by atoms with van der Waals surface area (Å²) < 4.78 is 5.85. The number of amides is 1. The van der Waals surface area contributed by atoms with Crippen molar-refractivity contribution in [3.05, 3.63) is 41.9 Å². The lowest BCUT2D eigenvalue weighted by atomic mass is 10.0. The van der Waals surface area contributed by atoms with E-state index in [4.69, 9.17) is 4.42 Å². The molecule has 0 radical (unpaired) electrons. The van der Waals surface area contributed by atoms with Crippen LogP contribution in [-0.4, -0.2) is 41.5 Å². The third-order valence-electron chi connectivity index (χ3n) is 4.98. The first-order valence-corrected chi connectivity index (χ1v) is 9.69. The van der Waals surface area contributed by atoms with Crippen molar-refractivity contribution in [2.24, 2.45) is 0 Å².